The fourth-order valence-electron chi connectivity index (χ4n) is 11.7. The lowest BCUT2D eigenvalue weighted by molar-refractivity contribution is -0.146. The number of nitrogens with one attached hydrogen (secondary N) is 1. The standard InChI is InChI=1S/C60H72ClFN10O7S/c1-38(62)57(76)71-26-25-70(33-44(71)32-63-6)55-47-20-24-69(51-15-8-12-41-11-7-14-49(61)53(41)51)35-50(47)66-59(67-55)79-36-43-13-9-22-68(43)23-10-27-78-28-21-45(73)29-48(60(3,4)5)58(77)72-34-46(74)30-52(72)56(75)64-31-40-16-18-42(19-17-40)54-39(2)65-37-80-54/h7-8,11-12,14-19,37,43-44,46,48,52,74H,1,9-10,13,20-36H2,2-5H3,(H,64,75)/t43-,44-,46-,48+,52-/m0/s1. The number of halogens is 2. The van der Waals surface area contributed by atoms with Crippen LogP contribution in [0.4, 0.5) is 15.9 Å². The number of likely N-dealkylation sites (tertiary alicyclic amines) is 2. The summed E-state index contributed by atoms with van der Waals surface area (Å²) >= 11 is 8.37. The molecule has 4 aliphatic rings. The van der Waals surface area contributed by atoms with Crippen molar-refractivity contribution in [2.45, 2.75) is 110 Å². The average molecular weight is 1130 g/mol. The highest BCUT2D eigenvalue weighted by Crippen LogP contribution is 2.39. The Morgan fingerprint density at radius 2 is 1.77 bits per heavy atom. The van der Waals surface area contributed by atoms with E-state index in [-0.39, 0.29) is 88.2 Å². The quantitative estimate of drug-likeness (QED) is 0.0408. The fourth-order valence-corrected chi connectivity index (χ4v) is 12.7. The van der Waals surface area contributed by atoms with E-state index in [4.69, 9.17) is 37.6 Å². The first kappa shape index (κ1) is 58.1. The van der Waals surface area contributed by atoms with Gasteiger partial charge in [-0.05, 0) is 73.2 Å². The summed E-state index contributed by atoms with van der Waals surface area (Å²) in [4.78, 5) is 82.8. The lowest BCUT2D eigenvalue weighted by Crippen LogP contribution is -2.57. The van der Waals surface area contributed by atoms with Crippen molar-refractivity contribution >= 4 is 68.7 Å². The number of amides is 3. The van der Waals surface area contributed by atoms with Crippen molar-refractivity contribution in [3.63, 3.8) is 0 Å². The molecule has 0 radical (unpaired) electrons. The molecule has 3 aromatic carbocycles. The van der Waals surface area contributed by atoms with Crippen LogP contribution in [0, 0.1) is 24.8 Å². The Labute approximate surface area is 476 Å². The summed E-state index contributed by atoms with van der Waals surface area (Å²) in [6, 6.07) is 18.9. The van der Waals surface area contributed by atoms with E-state index in [0.29, 0.717) is 50.1 Å². The zero-order valence-electron chi connectivity index (χ0n) is 46.2. The number of rotatable bonds is 21. The lowest BCUT2D eigenvalue weighted by atomic mass is 9.76. The number of anilines is 2. The first-order valence-electron chi connectivity index (χ1n) is 27.7. The largest absolute Gasteiger partial charge is 0.462 e. The molecule has 20 heteroatoms. The third-order valence-electron chi connectivity index (χ3n) is 16.0. The van der Waals surface area contributed by atoms with Gasteiger partial charge in [-0.3, -0.25) is 24.1 Å². The molecule has 424 valence electrons. The molecule has 3 amide bonds. The third kappa shape index (κ3) is 13.6. The Balaban J connectivity index is 0.772. The van der Waals surface area contributed by atoms with Gasteiger partial charge in [-0.1, -0.05) is 87.5 Å². The van der Waals surface area contributed by atoms with Gasteiger partial charge in [0, 0.05) is 100 Å². The Hall–Kier alpha value is -6.56. The van der Waals surface area contributed by atoms with E-state index in [1.54, 1.807) is 11.3 Å². The number of nitrogens with zero attached hydrogens (tertiary/aromatic N) is 9. The SMILES string of the molecule is [C-]#[N+]C[C@H]1CN(c2nc(OC[C@@H]3CCCN3CCCOCCC(=O)C[C@H](C(=O)N3C[C@@H](O)C[C@H]3C(=O)NCc3ccc(-c4scnc4C)cc3)C(C)(C)C)nc3c2CCN(c2cccc4cccc(Cl)c24)C3)CCN1C(=O)C(=C)F. The molecule has 2 aromatic heterocycles. The number of benzene rings is 3. The van der Waals surface area contributed by atoms with Gasteiger partial charge >= 0.3 is 6.01 Å². The van der Waals surface area contributed by atoms with Crippen LogP contribution in [0.2, 0.25) is 5.02 Å². The molecule has 6 heterocycles. The summed E-state index contributed by atoms with van der Waals surface area (Å²) < 4.78 is 26.7. The van der Waals surface area contributed by atoms with E-state index >= 15 is 0 Å². The van der Waals surface area contributed by atoms with Gasteiger partial charge in [0.05, 0.1) is 46.1 Å². The Bertz CT molecular complexity index is 3110. The van der Waals surface area contributed by atoms with Crippen LogP contribution in [0.15, 0.2) is 78.6 Å². The number of ether oxygens (including phenoxy) is 2. The number of aromatic nitrogens is 3. The highest BCUT2D eigenvalue weighted by molar-refractivity contribution is 7.13. The molecule has 80 heavy (non-hydrogen) atoms. The number of aryl methyl sites for hydroxylation is 1. The average Bonchev–Trinajstić information content (AvgIpc) is 4.30. The van der Waals surface area contributed by atoms with Crippen LogP contribution in [0.25, 0.3) is 26.1 Å². The molecule has 3 saturated heterocycles. The predicted octanol–water partition coefficient (Wildman–Crippen LogP) is 8.24. The molecule has 0 bridgehead atoms. The second kappa shape index (κ2) is 25.9. The number of piperazine rings is 1. The normalized spacial score (nSPS) is 19.9. The first-order valence-corrected chi connectivity index (χ1v) is 29.0. The number of aliphatic hydroxyl groups is 1. The number of aliphatic hydroxyl groups excluding tert-OH is 1. The number of ketones is 1. The van der Waals surface area contributed by atoms with Gasteiger partial charge in [-0.15, -0.1) is 11.3 Å². The monoisotopic (exact) mass is 1130 g/mol. The van der Waals surface area contributed by atoms with Crippen LogP contribution in [-0.2, 0) is 43.4 Å². The zero-order valence-corrected chi connectivity index (χ0v) is 47.7. The summed E-state index contributed by atoms with van der Waals surface area (Å²) in [5, 5.41) is 16.3. The molecule has 2 N–H and O–H groups in total. The van der Waals surface area contributed by atoms with Gasteiger partial charge in [0.2, 0.25) is 18.4 Å². The molecule has 0 aliphatic carbocycles. The van der Waals surface area contributed by atoms with Crippen LogP contribution >= 0.6 is 22.9 Å². The molecule has 0 unspecified atom stereocenters. The maximum atomic E-state index is 14.2. The smallest absolute Gasteiger partial charge is 0.318 e. The topological polar surface area (TPSA) is 178 Å². The second-order valence-electron chi connectivity index (χ2n) is 22.5. The van der Waals surface area contributed by atoms with E-state index in [2.05, 4.69) is 42.5 Å². The highest BCUT2D eigenvalue weighted by atomic mass is 35.5. The van der Waals surface area contributed by atoms with E-state index < -0.39 is 41.3 Å². The number of hydrogen-bond donors (Lipinski definition) is 2. The van der Waals surface area contributed by atoms with Gasteiger partial charge in [-0.25, -0.2) is 15.9 Å². The number of β-amino-alcohol motifs (C(OH)–C–C–N with tert-alkyl or cyclic N) is 1. The molecule has 3 fully saturated rings. The van der Waals surface area contributed by atoms with E-state index in [1.807, 2.05) is 87.8 Å². The van der Waals surface area contributed by atoms with Gasteiger partial charge < -0.3 is 44.3 Å². The van der Waals surface area contributed by atoms with Crippen molar-refractivity contribution in [1.29, 1.82) is 0 Å². The highest BCUT2D eigenvalue weighted by Gasteiger charge is 2.45. The second-order valence-corrected chi connectivity index (χ2v) is 23.7. The van der Waals surface area contributed by atoms with Gasteiger partial charge in [0.15, 0.2) is 5.83 Å². The molecule has 17 nitrogen and oxygen atoms in total. The lowest BCUT2D eigenvalue weighted by Gasteiger charge is -2.41. The number of thiazole rings is 1. The van der Waals surface area contributed by atoms with Crippen LogP contribution in [0.5, 0.6) is 6.01 Å². The molecule has 0 saturated carbocycles. The Kier molecular flexibility index (Phi) is 18.8. The van der Waals surface area contributed by atoms with Crippen molar-refractivity contribution in [3.8, 4) is 16.5 Å². The Morgan fingerprint density at radius 1 is 0.988 bits per heavy atom. The summed E-state index contributed by atoms with van der Waals surface area (Å²) in [6.07, 6.45) is 2.69. The molecule has 5 atom stereocenters. The van der Waals surface area contributed by atoms with Crippen molar-refractivity contribution in [1.82, 2.24) is 35.0 Å². The van der Waals surface area contributed by atoms with Crippen LogP contribution in [-0.4, -0.2) is 155 Å². The fraction of sp³-hybridized carbons (Fsp3) is 0.500. The predicted molar refractivity (Wildman–Crippen MR) is 308 cm³/mol. The number of hydrogen-bond acceptors (Lipinski definition) is 14. The minimum atomic E-state index is -1.05. The number of carbonyl (C=O) groups excluding carboxylic acids is 4. The van der Waals surface area contributed by atoms with Crippen molar-refractivity contribution in [3.05, 3.63) is 118 Å². The molecular weight excluding hydrogens is 1060 g/mol. The maximum absolute atomic E-state index is 14.2. The molecule has 9 rings (SSSR count). The molecular formula is C60H72ClFN10O7S. The first-order chi connectivity index (χ1) is 38.5. The summed E-state index contributed by atoms with van der Waals surface area (Å²) in [6.45, 7) is 23.6. The molecule has 5 aromatic rings. The van der Waals surface area contributed by atoms with Crippen LogP contribution in [0.1, 0.15) is 81.8 Å². The third-order valence-corrected chi connectivity index (χ3v) is 17.3. The molecule has 4 aliphatic heterocycles. The summed E-state index contributed by atoms with van der Waals surface area (Å²) in [5.41, 5.74) is 6.94. The van der Waals surface area contributed by atoms with Gasteiger partial charge in [0.25, 0.3) is 5.91 Å². The number of fused-ring (bicyclic) bond motifs is 2. The van der Waals surface area contributed by atoms with Crippen LogP contribution < -0.4 is 19.9 Å². The van der Waals surface area contributed by atoms with E-state index in [0.717, 1.165) is 81.8 Å². The van der Waals surface area contributed by atoms with Gasteiger partial charge in [-0.2, -0.15) is 9.97 Å². The maximum Gasteiger partial charge on any atom is 0.318 e. The van der Waals surface area contributed by atoms with E-state index in [1.165, 1.54) is 9.80 Å². The zero-order chi connectivity index (χ0) is 56.7. The van der Waals surface area contributed by atoms with Crippen molar-refractivity contribution in [2.24, 2.45) is 11.3 Å². The van der Waals surface area contributed by atoms with Crippen molar-refractivity contribution in [2.75, 3.05) is 82.0 Å². The number of Topliss-reactive ketones (excluding diaryl/α,β-unsaturated/α-hetero) is 1. The minimum absolute atomic E-state index is 0.00221. The number of carbonyl (C=O) groups is 4. The van der Waals surface area contributed by atoms with Gasteiger partial charge in [0.1, 0.15) is 30.3 Å². The summed E-state index contributed by atoms with van der Waals surface area (Å²) in [5.74, 6) is -2.61. The van der Waals surface area contributed by atoms with Crippen LogP contribution in [0.3, 0.4) is 0 Å². The van der Waals surface area contributed by atoms with Crippen molar-refractivity contribution < 1.29 is 38.1 Å². The Morgan fingerprint density at radius 3 is 2.51 bits per heavy atom. The molecule has 0 spiro atoms. The van der Waals surface area contributed by atoms with E-state index in [9.17, 15) is 28.7 Å². The summed E-state index contributed by atoms with van der Waals surface area (Å²) in [7, 11) is 0. The minimum Gasteiger partial charge on any atom is -0.462 e.